The Morgan fingerprint density at radius 1 is 1.38 bits per heavy atom. The van der Waals surface area contributed by atoms with Crippen LogP contribution < -0.4 is 10.5 Å². The molecule has 5 heteroatoms. The topological polar surface area (TPSA) is 70.1 Å². The minimum absolute atomic E-state index is 0.121. The smallest absolute Gasteiger partial charge is 0.131 e. The fraction of sp³-hybridized carbons (Fsp3) is 0.500. The van der Waals surface area contributed by atoms with Crippen molar-refractivity contribution in [1.29, 1.82) is 0 Å². The molecule has 1 unspecified atom stereocenters. The van der Waals surface area contributed by atoms with E-state index in [4.69, 9.17) is 10.5 Å². The fourth-order valence-electron chi connectivity index (χ4n) is 2.33. The second-order valence-electron chi connectivity index (χ2n) is 5.68. The Labute approximate surface area is 125 Å². The number of carbonyl (C=O) groups excluding carboxylic acids is 1. The first-order chi connectivity index (χ1) is 9.88. The van der Waals surface area contributed by atoms with E-state index in [9.17, 15) is 4.79 Å². The minimum Gasteiger partial charge on any atom is -0.491 e. The van der Waals surface area contributed by atoms with Gasteiger partial charge >= 0.3 is 0 Å². The SMILES string of the molecule is CC(=O)CCn1c(C(C)N)nc2cc(OC(C)C)ccc21. The van der Waals surface area contributed by atoms with Gasteiger partial charge in [-0.15, -0.1) is 0 Å². The Bertz CT molecular complexity index is 644. The molecule has 2 aromatic rings. The van der Waals surface area contributed by atoms with Crippen LogP contribution in [0.3, 0.4) is 0 Å². The summed E-state index contributed by atoms with van der Waals surface area (Å²) >= 11 is 0. The molecule has 0 saturated carbocycles. The summed E-state index contributed by atoms with van der Waals surface area (Å²) < 4.78 is 7.72. The molecule has 2 N–H and O–H groups in total. The van der Waals surface area contributed by atoms with Crippen molar-refractivity contribution in [2.75, 3.05) is 0 Å². The normalized spacial score (nSPS) is 12.9. The molecule has 1 aromatic carbocycles. The van der Waals surface area contributed by atoms with Crippen LogP contribution in [0.4, 0.5) is 0 Å². The zero-order valence-corrected chi connectivity index (χ0v) is 13.1. The summed E-state index contributed by atoms with van der Waals surface area (Å²) in [6.07, 6.45) is 0.602. The molecule has 0 spiro atoms. The lowest BCUT2D eigenvalue weighted by molar-refractivity contribution is -0.117. The molecule has 0 aliphatic rings. The Morgan fingerprint density at radius 3 is 2.67 bits per heavy atom. The molecule has 0 aliphatic heterocycles. The quantitative estimate of drug-likeness (QED) is 0.887. The fourth-order valence-corrected chi connectivity index (χ4v) is 2.33. The highest BCUT2D eigenvalue weighted by Gasteiger charge is 2.15. The van der Waals surface area contributed by atoms with E-state index in [1.165, 1.54) is 0 Å². The van der Waals surface area contributed by atoms with E-state index < -0.39 is 0 Å². The standard InChI is InChI=1S/C16H23N3O2/c1-10(2)21-13-5-6-15-14(9-13)18-16(12(4)17)19(15)8-7-11(3)20/h5-6,9-10,12H,7-8,17H2,1-4H3. The third-order valence-corrected chi connectivity index (χ3v) is 3.22. The van der Waals surface area contributed by atoms with Crippen LogP contribution in [0.5, 0.6) is 5.75 Å². The van der Waals surface area contributed by atoms with Crippen molar-refractivity contribution in [2.24, 2.45) is 5.73 Å². The van der Waals surface area contributed by atoms with Gasteiger partial charge < -0.3 is 15.0 Å². The van der Waals surface area contributed by atoms with Crippen molar-refractivity contribution in [2.45, 2.75) is 52.8 Å². The van der Waals surface area contributed by atoms with Crippen LogP contribution in [-0.4, -0.2) is 21.4 Å². The number of nitrogens with zero attached hydrogens (tertiary/aromatic N) is 2. The molecule has 0 aliphatic carbocycles. The Hall–Kier alpha value is -1.88. The van der Waals surface area contributed by atoms with Gasteiger partial charge in [-0.1, -0.05) is 0 Å². The van der Waals surface area contributed by atoms with E-state index in [0.29, 0.717) is 13.0 Å². The number of carbonyl (C=O) groups is 1. The van der Waals surface area contributed by atoms with Gasteiger partial charge in [0.2, 0.25) is 0 Å². The largest absolute Gasteiger partial charge is 0.491 e. The maximum Gasteiger partial charge on any atom is 0.131 e. The zero-order valence-electron chi connectivity index (χ0n) is 13.1. The first-order valence-electron chi connectivity index (χ1n) is 7.30. The van der Waals surface area contributed by atoms with Gasteiger partial charge in [-0.05, 0) is 39.8 Å². The monoisotopic (exact) mass is 289 g/mol. The lowest BCUT2D eigenvalue weighted by atomic mass is 10.2. The van der Waals surface area contributed by atoms with E-state index in [1.54, 1.807) is 6.92 Å². The van der Waals surface area contributed by atoms with Gasteiger partial charge in [0.25, 0.3) is 0 Å². The predicted octanol–water partition coefficient (Wildman–Crippen LogP) is 2.82. The molecule has 0 amide bonds. The van der Waals surface area contributed by atoms with Crippen LogP contribution in [0.2, 0.25) is 0 Å². The maximum atomic E-state index is 11.2. The number of benzene rings is 1. The zero-order chi connectivity index (χ0) is 15.6. The molecule has 21 heavy (non-hydrogen) atoms. The van der Waals surface area contributed by atoms with Crippen molar-refractivity contribution in [1.82, 2.24) is 9.55 Å². The molecule has 1 heterocycles. The Kier molecular flexibility index (Phi) is 4.63. The van der Waals surface area contributed by atoms with Gasteiger partial charge in [0.15, 0.2) is 0 Å². The van der Waals surface area contributed by atoms with E-state index in [1.807, 2.05) is 43.5 Å². The van der Waals surface area contributed by atoms with Gasteiger partial charge in [0, 0.05) is 19.0 Å². The summed E-state index contributed by atoms with van der Waals surface area (Å²) in [4.78, 5) is 15.9. The average Bonchev–Trinajstić information content (AvgIpc) is 2.73. The summed E-state index contributed by atoms with van der Waals surface area (Å²) in [6.45, 7) is 8.08. The summed E-state index contributed by atoms with van der Waals surface area (Å²) in [5.41, 5.74) is 7.84. The predicted molar refractivity (Wildman–Crippen MR) is 83.4 cm³/mol. The van der Waals surface area contributed by atoms with Gasteiger partial charge in [-0.25, -0.2) is 4.98 Å². The molecule has 1 atom stereocenters. The maximum absolute atomic E-state index is 11.2. The van der Waals surface area contributed by atoms with Crippen molar-refractivity contribution in [3.63, 3.8) is 0 Å². The molecule has 1 aromatic heterocycles. The summed E-state index contributed by atoms with van der Waals surface area (Å²) in [5, 5.41) is 0. The molecular weight excluding hydrogens is 266 g/mol. The van der Waals surface area contributed by atoms with Gasteiger partial charge in [-0.2, -0.15) is 0 Å². The number of ether oxygens (including phenoxy) is 1. The number of rotatable bonds is 6. The number of hydrogen-bond donors (Lipinski definition) is 1. The third kappa shape index (κ3) is 3.61. The molecule has 0 saturated heterocycles. The summed E-state index contributed by atoms with van der Waals surface area (Å²) in [5.74, 6) is 1.75. The summed E-state index contributed by atoms with van der Waals surface area (Å²) in [6, 6.07) is 5.65. The molecular formula is C16H23N3O2. The highest BCUT2D eigenvalue weighted by atomic mass is 16.5. The second-order valence-corrected chi connectivity index (χ2v) is 5.68. The van der Waals surface area contributed by atoms with Gasteiger partial charge in [0.05, 0.1) is 23.2 Å². The van der Waals surface area contributed by atoms with Crippen LogP contribution in [0, 0.1) is 0 Å². The van der Waals surface area contributed by atoms with E-state index in [-0.39, 0.29) is 17.9 Å². The number of imidazole rings is 1. The number of hydrogen-bond acceptors (Lipinski definition) is 4. The highest BCUT2D eigenvalue weighted by Crippen LogP contribution is 2.25. The van der Waals surface area contributed by atoms with Crippen molar-refractivity contribution in [3.8, 4) is 5.75 Å². The van der Waals surface area contributed by atoms with Crippen LogP contribution in [-0.2, 0) is 11.3 Å². The average molecular weight is 289 g/mol. The second kappa shape index (κ2) is 6.26. The number of ketones is 1. The minimum atomic E-state index is -0.182. The Balaban J connectivity index is 2.44. The Morgan fingerprint density at radius 2 is 2.10 bits per heavy atom. The molecule has 0 bridgehead atoms. The van der Waals surface area contributed by atoms with Crippen molar-refractivity contribution in [3.05, 3.63) is 24.0 Å². The first kappa shape index (κ1) is 15.5. The summed E-state index contributed by atoms with van der Waals surface area (Å²) in [7, 11) is 0. The molecule has 0 radical (unpaired) electrons. The number of Topliss-reactive ketones (excluding diaryl/α,β-unsaturated/α-hetero) is 1. The number of nitrogens with two attached hydrogens (primary N) is 1. The van der Waals surface area contributed by atoms with Gasteiger partial charge in [0.1, 0.15) is 17.4 Å². The lowest BCUT2D eigenvalue weighted by Crippen LogP contribution is -2.14. The van der Waals surface area contributed by atoms with Crippen LogP contribution >= 0.6 is 0 Å². The number of aryl methyl sites for hydroxylation is 1. The van der Waals surface area contributed by atoms with E-state index >= 15 is 0 Å². The van der Waals surface area contributed by atoms with Crippen molar-refractivity contribution < 1.29 is 9.53 Å². The third-order valence-electron chi connectivity index (χ3n) is 3.22. The van der Waals surface area contributed by atoms with E-state index in [2.05, 4.69) is 4.98 Å². The molecule has 5 nitrogen and oxygen atoms in total. The van der Waals surface area contributed by atoms with Crippen LogP contribution in [0.25, 0.3) is 11.0 Å². The molecule has 0 fully saturated rings. The molecule has 114 valence electrons. The molecule has 2 rings (SSSR count). The lowest BCUT2D eigenvalue weighted by Gasteiger charge is -2.11. The van der Waals surface area contributed by atoms with Crippen LogP contribution in [0.15, 0.2) is 18.2 Å². The van der Waals surface area contributed by atoms with E-state index in [0.717, 1.165) is 22.6 Å². The van der Waals surface area contributed by atoms with Gasteiger partial charge in [-0.3, -0.25) is 4.79 Å². The van der Waals surface area contributed by atoms with Crippen LogP contribution in [0.1, 0.15) is 46.0 Å². The highest BCUT2D eigenvalue weighted by molar-refractivity contribution is 5.79. The number of aromatic nitrogens is 2. The van der Waals surface area contributed by atoms with Crippen molar-refractivity contribution >= 4 is 16.8 Å². The number of fused-ring (bicyclic) bond motifs is 1. The first-order valence-corrected chi connectivity index (χ1v) is 7.30.